The maximum atomic E-state index is 12.7. The predicted molar refractivity (Wildman–Crippen MR) is 86.1 cm³/mol. The van der Waals surface area contributed by atoms with Crippen molar-refractivity contribution in [2.75, 3.05) is 5.32 Å². The molecule has 132 valence electrons. The second-order valence-corrected chi connectivity index (χ2v) is 5.19. The van der Waals surface area contributed by atoms with Gasteiger partial charge in [0, 0.05) is 0 Å². The van der Waals surface area contributed by atoms with Gasteiger partial charge in [-0.25, -0.2) is 9.67 Å². The maximum Gasteiger partial charge on any atom is 0.433 e. The molecule has 0 spiro atoms. The van der Waals surface area contributed by atoms with Crippen LogP contribution in [-0.2, 0) is 6.18 Å². The number of hydrogen-bond acceptors (Lipinski definition) is 4. The number of nitrogens with one attached hydrogen (secondary N) is 1. The Morgan fingerprint density at radius 3 is 2.46 bits per heavy atom. The summed E-state index contributed by atoms with van der Waals surface area (Å²) < 4.78 is 39.5. The quantitative estimate of drug-likeness (QED) is 0.724. The molecule has 2 heterocycles. The second kappa shape index (κ2) is 6.79. The molecule has 0 unspecified atom stereocenters. The molecule has 0 atom stereocenters. The zero-order valence-corrected chi connectivity index (χ0v) is 13.1. The molecule has 0 saturated heterocycles. The van der Waals surface area contributed by atoms with Gasteiger partial charge in [0.25, 0.3) is 5.91 Å². The molecule has 0 radical (unpaired) electrons. The number of nitrogens with zero attached hydrogens (tertiary/aromatic N) is 3. The summed E-state index contributed by atoms with van der Waals surface area (Å²) >= 11 is 0. The van der Waals surface area contributed by atoms with E-state index in [4.69, 9.17) is 0 Å². The largest absolute Gasteiger partial charge is 0.433 e. The van der Waals surface area contributed by atoms with Gasteiger partial charge < -0.3 is 5.32 Å². The molecule has 9 heteroatoms. The summed E-state index contributed by atoms with van der Waals surface area (Å²) in [5, 5.41) is 6.40. The van der Waals surface area contributed by atoms with Gasteiger partial charge in [-0.3, -0.25) is 9.59 Å². The van der Waals surface area contributed by atoms with Crippen LogP contribution in [0.15, 0.2) is 54.7 Å². The molecule has 1 amide bonds. The highest BCUT2D eigenvalue weighted by Crippen LogP contribution is 2.27. The van der Waals surface area contributed by atoms with E-state index in [-0.39, 0.29) is 11.4 Å². The number of rotatable bonds is 4. The number of pyridine rings is 1. The molecule has 0 bridgehead atoms. The van der Waals surface area contributed by atoms with Crippen LogP contribution in [0, 0.1) is 0 Å². The standard InChI is InChI=1S/C17H11F3N4O2/c18-17(19,20)15-8-4-7-12(21-15)16(26)22-13-9-24(23-14(13)10-25)11-5-2-1-3-6-11/h1-10H,(H,22,26). The third-order valence-corrected chi connectivity index (χ3v) is 3.40. The maximum absolute atomic E-state index is 12.7. The van der Waals surface area contributed by atoms with E-state index in [0.717, 1.165) is 18.2 Å². The second-order valence-electron chi connectivity index (χ2n) is 5.19. The van der Waals surface area contributed by atoms with E-state index in [0.29, 0.717) is 12.0 Å². The molecular weight excluding hydrogens is 349 g/mol. The highest BCUT2D eigenvalue weighted by Gasteiger charge is 2.33. The highest BCUT2D eigenvalue weighted by molar-refractivity contribution is 6.04. The minimum Gasteiger partial charge on any atom is -0.317 e. The molecule has 0 aliphatic rings. The number of para-hydroxylation sites is 1. The van der Waals surface area contributed by atoms with Crippen molar-refractivity contribution in [3.05, 3.63) is 71.8 Å². The summed E-state index contributed by atoms with van der Waals surface area (Å²) in [6.07, 6.45) is -2.83. The number of anilines is 1. The molecule has 6 nitrogen and oxygen atoms in total. The molecule has 0 saturated carbocycles. The van der Waals surface area contributed by atoms with Gasteiger partial charge >= 0.3 is 6.18 Å². The summed E-state index contributed by atoms with van der Waals surface area (Å²) in [5.41, 5.74) is -0.958. The molecule has 3 aromatic rings. The number of halogens is 3. The van der Waals surface area contributed by atoms with E-state index in [9.17, 15) is 22.8 Å². The Morgan fingerprint density at radius 1 is 1.08 bits per heavy atom. The van der Waals surface area contributed by atoms with Crippen molar-refractivity contribution in [2.24, 2.45) is 0 Å². The SMILES string of the molecule is O=Cc1nn(-c2ccccc2)cc1NC(=O)c1cccc(C(F)(F)F)n1. The minimum absolute atomic E-state index is 0.0609. The Balaban J connectivity index is 1.88. The van der Waals surface area contributed by atoms with Crippen molar-refractivity contribution in [1.29, 1.82) is 0 Å². The number of hydrogen-bond donors (Lipinski definition) is 1. The predicted octanol–water partition coefficient (Wildman–Crippen LogP) is 3.35. The van der Waals surface area contributed by atoms with E-state index in [2.05, 4.69) is 15.4 Å². The van der Waals surface area contributed by atoms with Gasteiger partial charge in [-0.15, -0.1) is 0 Å². The zero-order chi connectivity index (χ0) is 18.7. The fourth-order valence-electron chi connectivity index (χ4n) is 2.19. The highest BCUT2D eigenvalue weighted by atomic mass is 19.4. The van der Waals surface area contributed by atoms with Gasteiger partial charge in [-0.2, -0.15) is 18.3 Å². The number of carbonyl (C=O) groups excluding carboxylic acids is 2. The number of aldehydes is 1. The van der Waals surface area contributed by atoms with E-state index in [1.807, 2.05) is 0 Å². The van der Waals surface area contributed by atoms with Crippen LogP contribution < -0.4 is 5.32 Å². The number of carbonyl (C=O) groups is 2. The lowest BCUT2D eigenvalue weighted by molar-refractivity contribution is -0.141. The molecule has 0 aliphatic heterocycles. The lowest BCUT2D eigenvalue weighted by Crippen LogP contribution is -2.17. The van der Waals surface area contributed by atoms with E-state index in [1.54, 1.807) is 30.3 Å². The van der Waals surface area contributed by atoms with Gasteiger partial charge in [-0.05, 0) is 24.3 Å². The molecule has 1 aromatic carbocycles. The lowest BCUT2D eigenvalue weighted by Gasteiger charge is -2.07. The summed E-state index contributed by atoms with van der Waals surface area (Å²) in [5.74, 6) is -0.883. The Bertz CT molecular complexity index is 952. The first-order valence-corrected chi connectivity index (χ1v) is 7.34. The van der Waals surface area contributed by atoms with Crippen LogP contribution >= 0.6 is 0 Å². The first-order chi connectivity index (χ1) is 12.4. The fourth-order valence-corrected chi connectivity index (χ4v) is 2.19. The van der Waals surface area contributed by atoms with Crippen molar-refractivity contribution in [3.8, 4) is 5.69 Å². The number of aromatic nitrogens is 3. The molecule has 1 N–H and O–H groups in total. The van der Waals surface area contributed by atoms with Gasteiger partial charge in [0.15, 0.2) is 6.29 Å². The van der Waals surface area contributed by atoms with E-state index < -0.39 is 23.5 Å². The van der Waals surface area contributed by atoms with Gasteiger partial charge in [-0.1, -0.05) is 24.3 Å². The van der Waals surface area contributed by atoms with Crippen LogP contribution in [0.1, 0.15) is 26.7 Å². The molecular formula is C17H11F3N4O2. The molecule has 0 aliphatic carbocycles. The molecule has 3 rings (SSSR count). The fraction of sp³-hybridized carbons (Fsp3) is 0.0588. The van der Waals surface area contributed by atoms with Crippen LogP contribution in [0.2, 0.25) is 0 Å². The smallest absolute Gasteiger partial charge is 0.317 e. The van der Waals surface area contributed by atoms with Crippen LogP contribution in [0.4, 0.5) is 18.9 Å². The van der Waals surface area contributed by atoms with Crippen molar-refractivity contribution in [1.82, 2.24) is 14.8 Å². The van der Waals surface area contributed by atoms with E-state index >= 15 is 0 Å². The van der Waals surface area contributed by atoms with Gasteiger partial charge in [0.2, 0.25) is 0 Å². The van der Waals surface area contributed by atoms with Crippen LogP contribution in [0.3, 0.4) is 0 Å². The van der Waals surface area contributed by atoms with Crippen molar-refractivity contribution in [2.45, 2.75) is 6.18 Å². The summed E-state index contributed by atoms with van der Waals surface area (Å²) in [6.45, 7) is 0. The Hall–Kier alpha value is -3.49. The van der Waals surface area contributed by atoms with Crippen LogP contribution in [0.25, 0.3) is 5.69 Å². The Morgan fingerprint density at radius 2 is 1.81 bits per heavy atom. The zero-order valence-electron chi connectivity index (χ0n) is 13.1. The number of amides is 1. The summed E-state index contributed by atoms with van der Waals surface area (Å²) in [7, 11) is 0. The van der Waals surface area contributed by atoms with Crippen molar-refractivity contribution in [3.63, 3.8) is 0 Å². The Kier molecular flexibility index (Phi) is 4.53. The van der Waals surface area contributed by atoms with Crippen LogP contribution in [0.5, 0.6) is 0 Å². The van der Waals surface area contributed by atoms with E-state index in [1.165, 1.54) is 10.9 Å². The van der Waals surface area contributed by atoms with Gasteiger partial charge in [0.05, 0.1) is 17.6 Å². The lowest BCUT2D eigenvalue weighted by atomic mass is 10.2. The third kappa shape index (κ3) is 3.61. The average Bonchev–Trinajstić information content (AvgIpc) is 3.04. The summed E-state index contributed by atoms with van der Waals surface area (Å²) in [4.78, 5) is 26.7. The monoisotopic (exact) mass is 360 g/mol. The third-order valence-electron chi connectivity index (χ3n) is 3.40. The van der Waals surface area contributed by atoms with Crippen LogP contribution in [-0.4, -0.2) is 27.0 Å². The normalized spacial score (nSPS) is 11.2. The first kappa shape index (κ1) is 17.3. The molecule has 0 fully saturated rings. The number of benzene rings is 1. The Labute approximate surface area is 145 Å². The van der Waals surface area contributed by atoms with Crippen molar-refractivity contribution < 1.29 is 22.8 Å². The molecule has 2 aromatic heterocycles. The minimum atomic E-state index is -4.66. The van der Waals surface area contributed by atoms with Gasteiger partial charge in [0.1, 0.15) is 17.1 Å². The van der Waals surface area contributed by atoms with Crippen molar-refractivity contribution >= 4 is 17.9 Å². The first-order valence-electron chi connectivity index (χ1n) is 7.34. The average molecular weight is 360 g/mol. The molecule has 26 heavy (non-hydrogen) atoms. The topological polar surface area (TPSA) is 76.9 Å². The number of alkyl halides is 3. The summed E-state index contributed by atoms with van der Waals surface area (Å²) in [6, 6.07) is 11.8.